The molecule has 0 atom stereocenters. The van der Waals surface area contributed by atoms with E-state index >= 15 is 0 Å². The van der Waals surface area contributed by atoms with E-state index in [-0.39, 0.29) is 16.4 Å². The van der Waals surface area contributed by atoms with Gasteiger partial charge in [-0.2, -0.15) is 17.5 Å². The van der Waals surface area contributed by atoms with E-state index in [9.17, 15) is 26.0 Å². The van der Waals surface area contributed by atoms with Crippen molar-refractivity contribution in [3.05, 3.63) is 29.6 Å². The first-order valence-corrected chi connectivity index (χ1v) is 7.54. The van der Waals surface area contributed by atoms with Gasteiger partial charge in [0, 0.05) is 13.6 Å². The van der Waals surface area contributed by atoms with Gasteiger partial charge in [-0.1, -0.05) is 13.0 Å². The van der Waals surface area contributed by atoms with Gasteiger partial charge in [-0.25, -0.2) is 12.8 Å². The number of alkyl halides is 3. The second-order valence-electron chi connectivity index (χ2n) is 4.41. The summed E-state index contributed by atoms with van der Waals surface area (Å²) in [5, 5.41) is 2.86. The van der Waals surface area contributed by atoms with Gasteiger partial charge in [0.1, 0.15) is 12.4 Å². The third-order valence-electron chi connectivity index (χ3n) is 2.68. The number of sulfonamides is 1. The van der Waals surface area contributed by atoms with E-state index in [0.29, 0.717) is 6.54 Å². The minimum absolute atomic E-state index is 0.116. The minimum Gasteiger partial charge on any atom is -0.313 e. The zero-order valence-electron chi connectivity index (χ0n) is 11.5. The molecule has 0 amide bonds. The summed E-state index contributed by atoms with van der Waals surface area (Å²) in [4.78, 5) is -0.463. The summed E-state index contributed by atoms with van der Waals surface area (Å²) in [5.41, 5.74) is 0.215. The summed E-state index contributed by atoms with van der Waals surface area (Å²) in [6.07, 6.45) is -4.67. The van der Waals surface area contributed by atoms with Gasteiger partial charge in [-0.3, -0.25) is 0 Å². The molecule has 0 unspecified atom stereocenters. The maximum atomic E-state index is 13.3. The Labute approximate surface area is 120 Å². The summed E-state index contributed by atoms with van der Waals surface area (Å²) >= 11 is 0. The molecule has 0 fully saturated rings. The van der Waals surface area contributed by atoms with Crippen molar-refractivity contribution in [1.82, 2.24) is 9.62 Å². The van der Waals surface area contributed by atoms with Crippen LogP contribution in [0.1, 0.15) is 12.5 Å². The van der Waals surface area contributed by atoms with Crippen LogP contribution in [0.4, 0.5) is 17.6 Å². The molecule has 0 spiro atoms. The highest BCUT2D eigenvalue weighted by atomic mass is 32.2. The lowest BCUT2D eigenvalue weighted by Gasteiger charge is -2.20. The van der Waals surface area contributed by atoms with E-state index in [1.807, 2.05) is 0 Å². The highest BCUT2D eigenvalue weighted by molar-refractivity contribution is 7.89. The maximum absolute atomic E-state index is 13.3. The van der Waals surface area contributed by atoms with Gasteiger partial charge in [0.25, 0.3) is 0 Å². The van der Waals surface area contributed by atoms with Crippen molar-refractivity contribution in [2.24, 2.45) is 0 Å². The number of hydrogen-bond donors (Lipinski definition) is 1. The normalized spacial score (nSPS) is 12.9. The topological polar surface area (TPSA) is 49.4 Å². The molecular weight excluding hydrogens is 312 g/mol. The molecule has 4 nitrogen and oxygen atoms in total. The van der Waals surface area contributed by atoms with Crippen LogP contribution in [0.2, 0.25) is 0 Å². The van der Waals surface area contributed by atoms with Crippen LogP contribution in [0, 0.1) is 5.82 Å². The second-order valence-corrected chi connectivity index (χ2v) is 6.42. The smallest absolute Gasteiger partial charge is 0.313 e. The van der Waals surface area contributed by atoms with Gasteiger partial charge in [0.15, 0.2) is 0 Å². The van der Waals surface area contributed by atoms with Crippen LogP contribution in [-0.2, 0) is 16.6 Å². The molecule has 0 aliphatic heterocycles. The largest absolute Gasteiger partial charge is 0.402 e. The van der Waals surface area contributed by atoms with Gasteiger partial charge in [0.2, 0.25) is 10.0 Å². The molecule has 0 aliphatic rings. The fourth-order valence-electron chi connectivity index (χ4n) is 1.68. The van der Waals surface area contributed by atoms with E-state index in [1.54, 1.807) is 6.92 Å². The highest BCUT2D eigenvalue weighted by Crippen LogP contribution is 2.24. The Kier molecular flexibility index (Phi) is 5.71. The van der Waals surface area contributed by atoms with Crippen molar-refractivity contribution in [3.63, 3.8) is 0 Å². The van der Waals surface area contributed by atoms with Crippen LogP contribution in [0.5, 0.6) is 0 Å². The lowest BCUT2D eigenvalue weighted by atomic mass is 10.2. The lowest BCUT2D eigenvalue weighted by molar-refractivity contribution is -0.134. The highest BCUT2D eigenvalue weighted by Gasteiger charge is 2.35. The SMILES string of the molecule is CCNCc1ccc(F)cc1S(=O)(=O)N(C)CC(F)(F)F. The van der Waals surface area contributed by atoms with E-state index in [4.69, 9.17) is 0 Å². The monoisotopic (exact) mass is 328 g/mol. The average Bonchev–Trinajstić information content (AvgIpc) is 2.35. The Hall–Kier alpha value is -1.19. The first-order chi connectivity index (χ1) is 9.58. The molecule has 0 saturated heterocycles. The molecule has 1 aromatic carbocycles. The van der Waals surface area contributed by atoms with Gasteiger partial charge in [-0.05, 0) is 24.2 Å². The first-order valence-electron chi connectivity index (χ1n) is 6.10. The minimum atomic E-state index is -4.67. The van der Waals surface area contributed by atoms with Crippen LogP contribution >= 0.6 is 0 Å². The molecular formula is C12H16F4N2O2S. The number of nitrogens with one attached hydrogen (secondary N) is 1. The van der Waals surface area contributed by atoms with Crippen molar-refractivity contribution in [2.75, 3.05) is 20.1 Å². The van der Waals surface area contributed by atoms with Crippen molar-refractivity contribution in [2.45, 2.75) is 24.5 Å². The van der Waals surface area contributed by atoms with Crippen molar-refractivity contribution < 1.29 is 26.0 Å². The lowest BCUT2D eigenvalue weighted by Crippen LogP contribution is -2.36. The van der Waals surface area contributed by atoms with Crippen LogP contribution in [0.15, 0.2) is 23.1 Å². The van der Waals surface area contributed by atoms with Crippen LogP contribution < -0.4 is 5.32 Å². The zero-order chi connectivity index (χ0) is 16.3. The fourth-order valence-corrected chi connectivity index (χ4v) is 3.06. The molecule has 1 rings (SSSR count). The Morgan fingerprint density at radius 2 is 1.90 bits per heavy atom. The number of benzene rings is 1. The van der Waals surface area contributed by atoms with Gasteiger partial charge in [0.05, 0.1) is 4.90 Å². The number of rotatable bonds is 6. The Balaban J connectivity index is 3.20. The third-order valence-corrected chi connectivity index (χ3v) is 4.57. The van der Waals surface area contributed by atoms with E-state index < -0.39 is 33.5 Å². The first kappa shape index (κ1) is 17.9. The quantitative estimate of drug-likeness (QED) is 0.814. The standard InChI is InChI=1S/C12H16F4N2O2S/c1-3-17-7-9-4-5-10(13)6-11(9)21(19,20)18(2)8-12(14,15)16/h4-6,17H,3,7-8H2,1-2H3. The summed E-state index contributed by atoms with van der Waals surface area (Å²) in [6, 6.07) is 3.04. The van der Waals surface area contributed by atoms with Crippen LogP contribution in [-0.4, -0.2) is 39.0 Å². The Morgan fingerprint density at radius 3 is 2.43 bits per heavy atom. The average molecular weight is 328 g/mol. The van der Waals surface area contributed by atoms with Crippen molar-refractivity contribution in [1.29, 1.82) is 0 Å². The summed E-state index contributed by atoms with van der Waals surface area (Å²) in [5.74, 6) is -0.825. The van der Waals surface area contributed by atoms with E-state index in [0.717, 1.165) is 19.2 Å². The Bertz CT molecular complexity index is 587. The number of nitrogens with zero attached hydrogens (tertiary/aromatic N) is 1. The molecule has 1 aromatic rings. The summed E-state index contributed by atoms with van der Waals surface area (Å²) in [7, 11) is -3.61. The maximum Gasteiger partial charge on any atom is 0.402 e. The second kappa shape index (κ2) is 6.71. The third kappa shape index (κ3) is 4.94. The van der Waals surface area contributed by atoms with Crippen LogP contribution in [0.3, 0.4) is 0 Å². The van der Waals surface area contributed by atoms with Crippen molar-refractivity contribution in [3.8, 4) is 0 Å². The molecule has 1 N–H and O–H groups in total. The predicted octanol–water partition coefficient (Wildman–Crippen LogP) is 2.12. The zero-order valence-corrected chi connectivity index (χ0v) is 12.4. The number of hydrogen-bond acceptors (Lipinski definition) is 3. The predicted molar refractivity (Wildman–Crippen MR) is 69.7 cm³/mol. The Morgan fingerprint density at radius 1 is 1.29 bits per heavy atom. The molecule has 0 aliphatic carbocycles. The summed E-state index contributed by atoms with van der Waals surface area (Å²) < 4.78 is 74.8. The molecule has 21 heavy (non-hydrogen) atoms. The molecule has 0 saturated carbocycles. The fraction of sp³-hybridized carbons (Fsp3) is 0.500. The van der Waals surface area contributed by atoms with Gasteiger partial charge in [-0.15, -0.1) is 0 Å². The molecule has 0 radical (unpaired) electrons. The molecule has 0 bridgehead atoms. The molecule has 120 valence electrons. The van der Waals surface area contributed by atoms with Gasteiger partial charge >= 0.3 is 6.18 Å². The molecule has 0 heterocycles. The number of halogens is 4. The van der Waals surface area contributed by atoms with Gasteiger partial charge < -0.3 is 5.32 Å². The summed E-state index contributed by atoms with van der Waals surface area (Å²) in [6.45, 7) is 0.806. The van der Waals surface area contributed by atoms with E-state index in [1.165, 1.54) is 6.07 Å². The van der Waals surface area contributed by atoms with Crippen LogP contribution in [0.25, 0.3) is 0 Å². The molecule has 9 heteroatoms. The van der Waals surface area contributed by atoms with E-state index in [2.05, 4.69) is 5.32 Å². The van der Waals surface area contributed by atoms with Crippen molar-refractivity contribution >= 4 is 10.0 Å². The molecule has 0 aromatic heterocycles.